The minimum absolute atomic E-state index is 0.855. The molecule has 80 valence electrons. The molecule has 0 rings (SSSR count). The van der Waals surface area contributed by atoms with Crippen LogP contribution in [0.3, 0.4) is 0 Å². The van der Waals surface area contributed by atoms with E-state index in [1.54, 1.807) is 0 Å². The summed E-state index contributed by atoms with van der Waals surface area (Å²) < 4.78 is 0. The molecule has 2 heteroatoms. The second kappa shape index (κ2) is 10.8. The number of hydrogen-bond acceptors (Lipinski definition) is 2. The van der Waals surface area contributed by atoms with Crippen LogP contribution in [-0.4, -0.2) is 11.0 Å². The zero-order valence-electron chi connectivity index (χ0n) is 9.34. The Bertz CT molecular complexity index is 94.1. The summed E-state index contributed by atoms with van der Waals surface area (Å²) in [6.07, 6.45) is 8.28. The molecule has 0 heterocycles. The largest absolute Gasteiger partial charge is 0.0939 e. The molecule has 0 aliphatic heterocycles. The van der Waals surface area contributed by atoms with Crippen molar-refractivity contribution in [2.45, 2.75) is 64.5 Å². The Balaban J connectivity index is 3.05. The van der Waals surface area contributed by atoms with Gasteiger partial charge in [-0.2, -0.15) is 0 Å². The molecule has 0 fully saturated rings. The van der Waals surface area contributed by atoms with Crippen LogP contribution in [-0.2, 0) is 0 Å². The maximum absolute atomic E-state index is 2.36. The van der Waals surface area contributed by atoms with Gasteiger partial charge in [-0.15, -0.1) is 0 Å². The summed E-state index contributed by atoms with van der Waals surface area (Å²) in [7, 11) is 4.14. The standard InChI is InChI=1S/C11H24S2/c1-4-6-8-9-11(3)13-12-10-7-5-2/h11H,4-10H2,1-3H3. The Hall–Kier alpha value is 0.700. The van der Waals surface area contributed by atoms with Crippen molar-refractivity contribution >= 4 is 21.6 Å². The second-order valence-electron chi connectivity index (χ2n) is 3.58. The fraction of sp³-hybridized carbons (Fsp3) is 1.00. The molecule has 13 heavy (non-hydrogen) atoms. The summed E-state index contributed by atoms with van der Waals surface area (Å²) in [5.41, 5.74) is 0. The van der Waals surface area contributed by atoms with Crippen LogP contribution in [0.1, 0.15) is 59.3 Å². The predicted molar refractivity (Wildman–Crippen MR) is 68.6 cm³/mol. The maximum Gasteiger partial charge on any atom is 0.0123 e. The van der Waals surface area contributed by atoms with Crippen LogP contribution >= 0.6 is 21.6 Å². The van der Waals surface area contributed by atoms with Gasteiger partial charge in [0.25, 0.3) is 0 Å². The Morgan fingerprint density at radius 3 is 2.31 bits per heavy atom. The topological polar surface area (TPSA) is 0 Å². The Morgan fingerprint density at radius 1 is 1.00 bits per heavy atom. The quantitative estimate of drug-likeness (QED) is 0.390. The van der Waals surface area contributed by atoms with E-state index in [9.17, 15) is 0 Å². The highest BCUT2D eigenvalue weighted by atomic mass is 33.1. The molecule has 0 aromatic carbocycles. The van der Waals surface area contributed by atoms with Gasteiger partial charge in [0.05, 0.1) is 0 Å². The summed E-state index contributed by atoms with van der Waals surface area (Å²) in [6.45, 7) is 6.89. The molecule has 0 saturated carbocycles. The molecule has 0 aliphatic carbocycles. The highest BCUT2D eigenvalue weighted by Gasteiger charge is 2.01. The summed E-state index contributed by atoms with van der Waals surface area (Å²) in [5, 5.41) is 0.855. The zero-order chi connectivity index (χ0) is 9.94. The van der Waals surface area contributed by atoms with Crippen LogP contribution in [0.25, 0.3) is 0 Å². The van der Waals surface area contributed by atoms with Crippen LogP contribution in [0.2, 0.25) is 0 Å². The van der Waals surface area contributed by atoms with Gasteiger partial charge in [0.1, 0.15) is 0 Å². The lowest BCUT2D eigenvalue weighted by Crippen LogP contribution is -1.93. The van der Waals surface area contributed by atoms with Crippen LogP contribution in [0.4, 0.5) is 0 Å². The van der Waals surface area contributed by atoms with E-state index in [-0.39, 0.29) is 0 Å². The zero-order valence-corrected chi connectivity index (χ0v) is 11.0. The van der Waals surface area contributed by atoms with Gasteiger partial charge < -0.3 is 0 Å². The second-order valence-corrected chi connectivity index (χ2v) is 6.50. The van der Waals surface area contributed by atoms with E-state index in [1.807, 2.05) is 0 Å². The predicted octanol–water partition coefficient (Wildman–Crippen LogP) is 5.14. The lowest BCUT2D eigenvalue weighted by molar-refractivity contribution is 0.666. The van der Waals surface area contributed by atoms with E-state index in [2.05, 4.69) is 42.4 Å². The van der Waals surface area contributed by atoms with E-state index < -0.39 is 0 Å². The minimum atomic E-state index is 0.855. The molecule has 0 bridgehead atoms. The van der Waals surface area contributed by atoms with E-state index in [0.29, 0.717) is 0 Å². The molecule has 0 radical (unpaired) electrons. The lowest BCUT2D eigenvalue weighted by Gasteiger charge is -2.09. The molecule has 0 aliphatic rings. The van der Waals surface area contributed by atoms with Gasteiger partial charge in [0.15, 0.2) is 0 Å². The number of unbranched alkanes of at least 4 members (excludes halogenated alkanes) is 3. The summed E-state index contributed by atoms with van der Waals surface area (Å²) in [4.78, 5) is 0. The third-order valence-electron chi connectivity index (χ3n) is 2.03. The Morgan fingerprint density at radius 2 is 1.69 bits per heavy atom. The van der Waals surface area contributed by atoms with E-state index in [4.69, 9.17) is 0 Å². The highest BCUT2D eigenvalue weighted by molar-refractivity contribution is 8.76. The molecule has 0 nitrogen and oxygen atoms in total. The van der Waals surface area contributed by atoms with Gasteiger partial charge in [0, 0.05) is 11.0 Å². The average Bonchev–Trinajstić information content (AvgIpc) is 2.13. The van der Waals surface area contributed by atoms with E-state index in [1.165, 1.54) is 44.3 Å². The van der Waals surface area contributed by atoms with Gasteiger partial charge in [0.2, 0.25) is 0 Å². The molecule has 0 amide bonds. The van der Waals surface area contributed by atoms with E-state index >= 15 is 0 Å². The highest BCUT2D eigenvalue weighted by Crippen LogP contribution is 2.30. The average molecular weight is 220 g/mol. The van der Waals surface area contributed by atoms with E-state index in [0.717, 1.165) is 5.25 Å². The molecule has 0 saturated heterocycles. The fourth-order valence-electron chi connectivity index (χ4n) is 1.10. The Labute approximate surface area is 92.0 Å². The van der Waals surface area contributed by atoms with Crippen molar-refractivity contribution in [3.05, 3.63) is 0 Å². The van der Waals surface area contributed by atoms with Gasteiger partial charge in [-0.3, -0.25) is 0 Å². The molecule has 0 spiro atoms. The van der Waals surface area contributed by atoms with Crippen molar-refractivity contribution in [1.29, 1.82) is 0 Å². The van der Waals surface area contributed by atoms with Gasteiger partial charge in [-0.1, -0.05) is 68.0 Å². The smallest absolute Gasteiger partial charge is 0.0123 e. The summed E-state index contributed by atoms with van der Waals surface area (Å²) in [5.74, 6) is 1.33. The number of hydrogen-bond donors (Lipinski definition) is 0. The van der Waals surface area contributed by atoms with Crippen LogP contribution in [0, 0.1) is 0 Å². The van der Waals surface area contributed by atoms with Crippen molar-refractivity contribution < 1.29 is 0 Å². The molecular weight excluding hydrogens is 196 g/mol. The summed E-state index contributed by atoms with van der Waals surface area (Å²) >= 11 is 0. The Kier molecular flexibility index (Phi) is 11.4. The monoisotopic (exact) mass is 220 g/mol. The molecule has 0 N–H and O–H groups in total. The van der Waals surface area contributed by atoms with Crippen molar-refractivity contribution in [2.75, 3.05) is 5.75 Å². The third-order valence-corrected chi connectivity index (χ3v) is 5.08. The van der Waals surface area contributed by atoms with Crippen LogP contribution in [0.15, 0.2) is 0 Å². The lowest BCUT2D eigenvalue weighted by atomic mass is 10.2. The van der Waals surface area contributed by atoms with Crippen LogP contribution < -0.4 is 0 Å². The van der Waals surface area contributed by atoms with Crippen molar-refractivity contribution in [3.63, 3.8) is 0 Å². The summed E-state index contributed by atoms with van der Waals surface area (Å²) in [6, 6.07) is 0. The number of rotatable bonds is 9. The van der Waals surface area contributed by atoms with Gasteiger partial charge in [-0.25, -0.2) is 0 Å². The molecular formula is C11H24S2. The molecule has 0 aromatic heterocycles. The molecule has 1 unspecified atom stereocenters. The first-order valence-electron chi connectivity index (χ1n) is 5.59. The van der Waals surface area contributed by atoms with Crippen LogP contribution in [0.5, 0.6) is 0 Å². The normalized spacial score (nSPS) is 13.2. The fourth-order valence-corrected chi connectivity index (χ4v) is 3.72. The molecule has 0 aromatic rings. The maximum atomic E-state index is 2.36. The third kappa shape index (κ3) is 10.6. The minimum Gasteiger partial charge on any atom is -0.0939 e. The molecule has 1 atom stereocenters. The first-order valence-corrected chi connectivity index (χ1v) is 7.97. The van der Waals surface area contributed by atoms with Gasteiger partial charge >= 0.3 is 0 Å². The van der Waals surface area contributed by atoms with Gasteiger partial charge in [-0.05, 0) is 12.8 Å². The van der Waals surface area contributed by atoms with Crippen molar-refractivity contribution in [1.82, 2.24) is 0 Å². The van der Waals surface area contributed by atoms with Crippen molar-refractivity contribution in [3.8, 4) is 0 Å². The first kappa shape index (κ1) is 13.7. The van der Waals surface area contributed by atoms with Crippen molar-refractivity contribution in [2.24, 2.45) is 0 Å². The SMILES string of the molecule is CCCCCC(C)SSCCCC. The first-order chi connectivity index (χ1) is 6.31.